The summed E-state index contributed by atoms with van der Waals surface area (Å²) in [6.07, 6.45) is 9.35. The molecule has 0 amide bonds. The first kappa shape index (κ1) is 12.4. The molecule has 0 radical (unpaired) electrons. The van der Waals surface area contributed by atoms with Crippen LogP contribution in [-0.4, -0.2) is 14.7 Å². The number of sulfone groups is 1. The molecular formula is C9H11BrO2S. The molecule has 0 aliphatic heterocycles. The van der Waals surface area contributed by atoms with Crippen LogP contribution in [0.15, 0.2) is 46.8 Å². The van der Waals surface area contributed by atoms with Gasteiger partial charge in [0.05, 0.1) is 0 Å². The predicted octanol–water partition coefficient (Wildman–Crippen LogP) is 2.57. The SMILES string of the molecule is C=C\C=C(Br)/C=C\C=C\S(C)(=O)=O. The Morgan fingerprint density at radius 1 is 1.38 bits per heavy atom. The highest BCUT2D eigenvalue weighted by Crippen LogP contribution is 2.06. The van der Waals surface area contributed by atoms with Crippen LogP contribution in [0.2, 0.25) is 0 Å². The Morgan fingerprint density at radius 3 is 2.46 bits per heavy atom. The minimum absolute atomic E-state index is 0.834. The molecule has 0 spiro atoms. The van der Waals surface area contributed by atoms with E-state index in [0.717, 1.165) is 16.1 Å². The maximum Gasteiger partial charge on any atom is 0.168 e. The van der Waals surface area contributed by atoms with E-state index in [2.05, 4.69) is 22.5 Å². The molecule has 0 fully saturated rings. The van der Waals surface area contributed by atoms with E-state index in [4.69, 9.17) is 0 Å². The van der Waals surface area contributed by atoms with Crippen molar-refractivity contribution in [3.05, 3.63) is 46.8 Å². The van der Waals surface area contributed by atoms with Crippen molar-refractivity contribution in [2.75, 3.05) is 6.26 Å². The average Bonchev–Trinajstić information content (AvgIpc) is 1.97. The van der Waals surface area contributed by atoms with Gasteiger partial charge in [0.15, 0.2) is 9.84 Å². The fourth-order valence-corrected chi connectivity index (χ4v) is 1.22. The van der Waals surface area contributed by atoms with E-state index in [9.17, 15) is 8.42 Å². The summed E-state index contributed by atoms with van der Waals surface area (Å²) in [5.41, 5.74) is 0. The van der Waals surface area contributed by atoms with Gasteiger partial charge < -0.3 is 0 Å². The molecule has 0 aliphatic carbocycles. The summed E-state index contributed by atoms with van der Waals surface area (Å²) in [5, 5.41) is 1.14. The summed E-state index contributed by atoms with van der Waals surface area (Å²) in [6.45, 7) is 3.51. The number of hydrogen-bond acceptors (Lipinski definition) is 2. The molecule has 0 aromatic heterocycles. The first-order chi connectivity index (χ1) is 5.95. The Labute approximate surface area is 87.4 Å². The summed E-state index contributed by atoms with van der Waals surface area (Å²) >= 11 is 3.24. The Hall–Kier alpha value is -0.610. The number of hydrogen-bond donors (Lipinski definition) is 0. The molecule has 0 aromatic rings. The van der Waals surface area contributed by atoms with Crippen molar-refractivity contribution in [2.24, 2.45) is 0 Å². The zero-order valence-electron chi connectivity index (χ0n) is 7.27. The summed E-state index contributed by atoms with van der Waals surface area (Å²) in [4.78, 5) is 0. The van der Waals surface area contributed by atoms with Crippen LogP contribution in [0.5, 0.6) is 0 Å². The molecule has 0 bridgehead atoms. The van der Waals surface area contributed by atoms with Crippen LogP contribution in [0.3, 0.4) is 0 Å². The molecule has 0 rings (SSSR count). The van der Waals surface area contributed by atoms with Gasteiger partial charge in [-0.25, -0.2) is 8.42 Å². The summed E-state index contributed by atoms with van der Waals surface area (Å²) < 4.78 is 22.1. The van der Waals surface area contributed by atoms with Crippen LogP contribution in [0.4, 0.5) is 0 Å². The van der Waals surface area contributed by atoms with Gasteiger partial charge in [-0.3, -0.25) is 0 Å². The van der Waals surface area contributed by atoms with E-state index >= 15 is 0 Å². The number of allylic oxidation sites excluding steroid dienone is 6. The van der Waals surface area contributed by atoms with Crippen molar-refractivity contribution in [2.45, 2.75) is 0 Å². The Balaban J connectivity index is 4.25. The third-order valence-corrected chi connectivity index (χ3v) is 2.15. The molecule has 0 heterocycles. The zero-order valence-corrected chi connectivity index (χ0v) is 9.68. The van der Waals surface area contributed by atoms with Gasteiger partial charge in [-0.2, -0.15) is 0 Å². The molecule has 2 nitrogen and oxygen atoms in total. The molecule has 0 aromatic carbocycles. The van der Waals surface area contributed by atoms with Crippen molar-refractivity contribution >= 4 is 25.8 Å². The molecule has 4 heteroatoms. The van der Waals surface area contributed by atoms with Gasteiger partial charge in [-0.1, -0.05) is 40.7 Å². The normalized spacial score (nSPS) is 14.2. The predicted molar refractivity (Wildman–Crippen MR) is 60.3 cm³/mol. The van der Waals surface area contributed by atoms with E-state index in [0.29, 0.717) is 0 Å². The van der Waals surface area contributed by atoms with E-state index in [1.54, 1.807) is 24.3 Å². The van der Waals surface area contributed by atoms with Crippen LogP contribution in [0.1, 0.15) is 0 Å². The van der Waals surface area contributed by atoms with Gasteiger partial charge in [0, 0.05) is 16.1 Å². The molecule has 0 saturated heterocycles. The quantitative estimate of drug-likeness (QED) is 0.730. The number of halogens is 1. The highest BCUT2D eigenvalue weighted by atomic mass is 79.9. The largest absolute Gasteiger partial charge is 0.225 e. The van der Waals surface area contributed by atoms with E-state index in [-0.39, 0.29) is 0 Å². The zero-order chi connectivity index (χ0) is 10.3. The highest BCUT2D eigenvalue weighted by molar-refractivity contribution is 9.11. The van der Waals surface area contributed by atoms with Gasteiger partial charge >= 0.3 is 0 Å². The van der Waals surface area contributed by atoms with Crippen molar-refractivity contribution in [3.63, 3.8) is 0 Å². The summed E-state index contributed by atoms with van der Waals surface area (Å²) in [6, 6.07) is 0. The van der Waals surface area contributed by atoms with Crippen molar-refractivity contribution < 1.29 is 8.42 Å². The van der Waals surface area contributed by atoms with Crippen molar-refractivity contribution in [1.29, 1.82) is 0 Å². The van der Waals surface area contributed by atoms with E-state index in [1.165, 1.54) is 6.08 Å². The smallest absolute Gasteiger partial charge is 0.168 e. The van der Waals surface area contributed by atoms with Crippen LogP contribution < -0.4 is 0 Å². The Bertz CT molecular complexity index is 348. The topological polar surface area (TPSA) is 34.1 Å². The summed E-state index contributed by atoms with van der Waals surface area (Å²) in [5.74, 6) is 0. The lowest BCUT2D eigenvalue weighted by Crippen LogP contribution is -1.86. The first-order valence-electron chi connectivity index (χ1n) is 3.49. The molecule has 0 N–H and O–H groups in total. The number of rotatable bonds is 4. The average molecular weight is 263 g/mol. The molecule has 0 aliphatic rings. The van der Waals surface area contributed by atoms with E-state index < -0.39 is 9.84 Å². The fourth-order valence-electron chi connectivity index (χ4n) is 0.504. The lowest BCUT2D eigenvalue weighted by atomic mass is 10.4. The standard InChI is InChI=1S/C9H11BrO2S/c1-3-6-9(10)7-4-5-8-13(2,11)12/h3-8H,1H2,2H3/b7-4-,8-5+,9-6+. The van der Waals surface area contributed by atoms with Gasteiger partial charge in [0.25, 0.3) is 0 Å². The van der Waals surface area contributed by atoms with Crippen LogP contribution in [-0.2, 0) is 9.84 Å². The van der Waals surface area contributed by atoms with Crippen LogP contribution >= 0.6 is 15.9 Å². The van der Waals surface area contributed by atoms with E-state index in [1.807, 2.05) is 0 Å². The van der Waals surface area contributed by atoms with Gasteiger partial charge in [0.2, 0.25) is 0 Å². The van der Waals surface area contributed by atoms with Gasteiger partial charge in [-0.05, 0) is 12.2 Å². The fraction of sp³-hybridized carbons (Fsp3) is 0.111. The lowest BCUT2D eigenvalue weighted by molar-refractivity contribution is 0.610. The minimum Gasteiger partial charge on any atom is -0.225 e. The Morgan fingerprint density at radius 2 is 2.00 bits per heavy atom. The molecule has 72 valence electrons. The maximum atomic E-state index is 10.6. The molecule has 0 saturated carbocycles. The molecule has 13 heavy (non-hydrogen) atoms. The van der Waals surface area contributed by atoms with Crippen molar-refractivity contribution in [1.82, 2.24) is 0 Å². The van der Waals surface area contributed by atoms with Gasteiger partial charge in [-0.15, -0.1) is 0 Å². The molecular weight excluding hydrogens is 252 g/mol. The van der Waals surface area contributed by atoms with Gasteiger partial charge in [0.1, 0.15) is 0 Å². The van der Waals surface area contributed by atoms with Crippen LogP contribution in [0, 0.1) is 0 Å². The second-order valence-electron chi connectivity index (χ2n) is 2.30. The highest BCUT2D eigenvalue weighted by Gasteiger charge is 1.89. The third-order valence-electron chi connectivity index (χ3n) is 0.969. The first-order valence-corrected chi connectivity index (χ1v) is 6.23. The second-order valence-corrected chi connectivity index (χ2v) is 5.15. The van der Waals surface area contributed by atoms with Crippen molar-refractivity contribution in [3.8, 4) is 0 Å². The lowest BCUT2D eigenvalue weighted by Gasteiger charge is -1.83. The molecule has 0 atom stereocenters. The summed E-state index contributed by atoms with van der Waals surface area (Å²) in [7, 11) is -3.02. The monoisotopic (exact) mass is 262 g/mol. The maximum absolute atomic E-state index is 10.6. The molecule has 0 unspecified atom stereocenters. The van der Waals surface area contributed by atoms with Crippen LogP contribution in [0.25, 0.3) is 0 Å². The second kappa shape index (κ2) is 5.94. The minimum atomic E-state index is -3.02. The Kier molecular flexibility index (Phi) is 5.66. The third kappa shape index (κ3) is 9.30.